The van der Waals surface area contributed by atoms with Gasteiger partial charge in [0.25, 0.3) is 0 Å². The highest BCUT2D eigenvalue weighted by molar-refractivity contribution is 6.32. The van der Waals surface area contributed by atoms with Gasteiger partial charge < -0.3 is 0 Å². The Morgan fingerprint density at radius 1 is 0.867 bits per heavy atom. The van der Waals surface area contributed by atoms with E-state index in [-0.39, 0.29) is 0 Å². The summed E-state index contributed by atoms with van der Waals surface area (Å²) in [5, 5.41) is 1.09. The van der Waals surface area contributed by atoms with E-state index in [1.54, 1.807) is 0 Å². The number of benzene rings is 1. The predicted octanol–water partition coefficient (Wildman–Crippen LogP) is 4.88. The van der Waals surface area contributed by atoms with E-state index in [9.17, 15) is 0 Å². The summed E-state index contributed by atoms with van der Waals surface area (Å²) in [6.07, 6.45) is 8.13. The number of hydrogen-bond acceptors (Lipinski definition) is 0. The number of halogens is 1. The highest BCUT2D eigenvalue weighted by atomic mass is 35.5. The largest absolute Gasteiger partial charge is 0.0837 e. The minimum atomic E-state index is 0.762. The van der Waals surface area contributed by atoms with Gasteiger partial charge in [-0.15, -0.1) is 0 Å². The van der Waals surface area contributed by atoms with E-state index in [1.807, 2.05) is 0 Å². The van der Waals surface area contributed by atoms with E-state index >= 15 is 0 Å². The summed E-state index contributed by atoms with van der Waals surface area (Å²) >= 11 is 6.52. The second kappa shape index (κ2) is 3.83. The minimum Gasteiger partial charge on any atom is -0.0837 e. The van der Waals surface area contributed by atoms with Gasteiger partial charge in [0.15, 0.2) is 0 Å². The van der Waals surface area contributed by atoms with Crippen LogP contribution in [0.5, 0.6) is 0 Å². The van der Waals surface area contributed by atoms with Gasteiger partial charge in [-0.1, -0.05) is 42.6 Å². The third-order valence-electron chi connectivity index (χ3n) is 4.15. The molecule has 3 rings (SSSR count). The summed E-state index contributed by atoms with van der Waals surface area (Å²) in [7, 11) is 0. The quantitative estimate of drug-likeness (QED) is 0.667. The molecule has 0 saturated heterocycles. The molecule has 0 unspecified atom stereocenters. The monoisotopic (exact) mass is 220 g/mol. The van der Waals surface area contributed by atoms with E-state index in [4.69, 9.17) is 11.6 Å². The minimum absolute atomic E-state index is 0.762. The summed E-state index contributed by atoms with van der Waals surface area (Å²) in [4.78, 5) is 0. The lowest BCUT2D eigenvalue weighted by Crippen LogP contribution is -2.13. The van der Waals surface area contributed by atoms with Gasteiger partial charge in [-0.3, -0.25) is 0 Å². The average Bonchev–Trinajstić information content (AvgIpc) is 2.05. The van der Waals surface area contributed by atoms with Crippen LogP contribution in [0.3, 0.4) is 0 Å². The van der Waals surface area contributed by atoms with Crippen LogP contribution in [0.1, 0.15) is 61.5 Å². The molecule has 15 heavy (non-hydrogen) atoms. The zero-order chi connectivity index (χ0) is 10.3. The fourth-order valence-electron chi connectivity index (χ4n) is 2.64. The van der Waals surface area contributed by atoms with Crippen molar-refractivity contribution >= 4 is 11.6 Å². The van der Waals surface area contributed by atoms with E-state index in [2.05, 4.69) is 18.2 Å². The van der Waals surface area contributed by atoms with Crippen LogP contribution in [0.2, 0.25) is 5.02 Å². The number of rotatable bonds is 2. The molecule has 1 aromatic rings. The first-order valence-corrected chi connectivity index (χ1v) is 6.52. The Balaban J connectivity index is 1.93. The molecule has 0 N–H and O–H groups in total. The molecular formula is C14H17Cl. The van der Waals surface area contributed by atoms with Gasteiger partial charge in [0.05, 0.1) is 0 Å². The second-order valence-electron chi connectivity index (χ2n) is 5.01. The fourth-order valence-corrected chi connectivity index (χ4v) is 3.07. The molecule has 0 amide bonds. The van der Waals surface area contributed by atoms with E-state index in [0.717, 1.165) is 16.9 Å². The molecule has 2 aliphatic rings. The molecule has 2 saturated carbocycles. The summed E-state index contributed by atoms with van der Waals surface area (Å²) in [6.45, 7) is 0. The molecule has 1 aromatic carbocycles. The van der Waals surface area contributed by atoms with Gasteiger partial charge in [0.2, 0.25) is 0 Å². The smallest absolute Gasteiger partial charge is 0.0475 e. The molecule has 2 fully saturated rings. The van der Waals surface area contributed by atoms with Gasteiger partial charge in [-0.2, -0.15) is 0 Å². The molecule has 0 aliphatic heterocycles. The normalized spacial score (nSPS) is 22.2. The maximum absolute atomic E-state index is 6.52. The predicted molar refractivity (Wildman–Crippen MR) is 64.6 cm³/mol. The molecule has 0 bridgehead atoms. The van der Waals surface area contributed by atoms with Crippen LogP contribution < -0.4 is 0 Å². The molecule has 0 spiro atoms. The van der Waals surface area contributed by atoms with Crippen molar-refractivity contribution < 1.29 is 0 Å². The Bertz CT molecular complexity index is 329. The van der Waals surface area contributed by atoms with Crippen LogP contribution in [0.25, 0.3) is 0 Å². The summed E-state index contributed by atoms with van der Waals surface area (Å²) in [6, 6.07) is 6.66. The summed E-state index contributed by atoms with van der Waals surface area (Å²) in [5.74, 6) is 1.52. The van der Waals surface area contributed by atoms with Crippen molar-refractivity contribution in [2.45, 2.75) is 50.4 Å². The van der Waals surface area contributed by atoms with Crippen molar-refractivity contribution in [1.29, 1.82) is 0 Å². The first-order chi connectivity index (χ1) is 7.36. The molecule has 0 heterocycles. The molecule has 80 valence electrons. The van der Waals surface area contributed by atoms with Crippen molar-refractivity contribution in [1.82, 2.24) is 0 Å². The van der Waals surface area contributed by atoms with Crippen molar-refractivity contribution in [3.63, 3.8) is 0 Å². The highest BCUT2D eigenvalue weighted by Crippen LogP contribution is 2.45. The zero-order valence-corrected chi connectivity index (χ0v) is 9.76. The molecule has 0 aromatic heterocycles. The number of hydrogen-bond donors (Lipinski definition) is 0. The standard InChI is InChI=1S/C14H17Cl/c15-14-12(10-4-1-5-10)8-3-9-13(14)11-6-2-7-11/h3,8-11H,1-2,4-7H2. The summed E-state index contributed by atoms with van der Waals surface area (Å²) < 4.78 is 0. The molecular weight excluding hydrogens is 204 g/mol. The fraction of sp³-hybridized carbons (Fsp3) is 0.571. The Morgan fingerprint density at radius 2 is 1.33 bits per heavy atom. The van der Waals surface area contributed by atoms with Gasteiger partial charge >= 0.3 is 0 Å². The molecule has 0 nitrogen and oxygen atoms in total. The molecule has 0 radical (unpaired) electrons. The van der Waals surface area contributed by atoms with Crippen molar-refractivity contribution in [2.24, 2.45) is 0 Å². The lowest BCUT2D eigenvalue weighted by atomic mass is 9.76. The maximum atomic E-state index is 6.52. The van der Waals surface area contributed by atoms with E-state index < -0.39 is 0 Å². The van der Waals surface area contributed by atoms with Crippen molar-refractivity contribution in [3.05, 3.63) is 34.3 Å². The SMILES string of the molecule is Clc1c(C2CCC2)cccc1C1CCC1. The van der Waals surface area contributed by atoms with Crippen molar-refractivity contribution in [2.75, 3.05) is 0 Å². The van der Waals surface area contributed by atoms with Gasteiger partial charge in [-0.25, -0.2) is 0 Å². The van der Waals surface area contributed by atoms with E-state index in [1.165, 1.54) is 49.7 Å². The maximum Gasteiger partial charge on any atom is 0.0475 e. The topological polar surface area (TPSA) is 0 Å². The second-order valence-corrected chi connectivity index (χ2v) is 5.38. The Kier molecular flexibility index (Phi) is 2.48. The van der Waals surface area contributed by atoms with Crippen LogP contribution in [0, 0.1) is 0 Å². The van der Waals surface area contributed by atoms with Crippen LogP contribution >= 0.6 is 11.6 Å². The average molecular weight is 221 g/mol. The first kappa shape index (κ1) is 9.72. The van der Waals surface area contributed by atoms with Gasteiger partial charge in [0.1, 0.15) is 0 Å². The lowest BCUT2D eigenvalue weighted by Gasteiger charge is -2.31. The first-order valence-electron chi connectivity index (χ1n) is 6.14. The van der Waals surface area contributed by atoms with Crippen LogP contribution in [-0.2, 0) is 0 Å². The van der Waals surface area contributed by atoms with E-state index in [0.29, 0.717) is 0 Å². The van der Waals surface area contributed by atoms with Crippen molar-refractivity contribution in [3.8, 4) is 0 Å². The Morgan fingerprint density at radius 3 is 1.67 bits per heavy atom. The Hall–Kier alpha value is -0.490. The molecule has 0 atom stereocenters. The lowest BCUT2D eigenvalue weighted by molar-refractivity contribution is 0.409. The zero-order valence-electron chi connectivity index (χ0n) is 9.01. The van der Waals surface area contributed by atoms with Gasteiger partial charge in [0, 0.05) is 5.02 Å². The molecule has 1 heteroatoms. The highest BCUT2D eigenvalue weighted by Gasteiger charge is 2.26. The Labute approximate surface area is 96.6 Å². The van der Waals surface area contributed by atoms with Gasteiger partial charge in [-0.05, 0) is 48.6 Å². The van der Waals surface area contributed by atoms with Crippen LogP contribution in [-0.4, -0.2) is 0 Å². The van der Waals surface area contributed by atoms with Crippen LogP contribution in [0.15, 0.2) is 18.2 Å². The third kappa shape index (κ3) is 1.59. The van der Waals surface area contributed by atoms with Crippen LogP contribution in [0.4, 0.5) is 0 Å². The summed E-state index contributed by atoms with van der Waals surface area (Å²) in [5.41, 5.74) is 2.85. The molecule has 2 aliphatic carbocycles. The third-order valence-corrected chi connectivity index (χ3v) is 4.58.